The second-order valence-corrected chi connectivity index (χ2v) is 11.4. The van der Waals surface area contributed by atoms with E-state index in [2.05, 4.69) is 46.4 Å². The first-order valence-corrected chi connectivity index (χ1v) is 15.1. The third-order valence-corrected chi connectivity index (χ3v) is 8.75. The van der Waals surface area contributed by atoms with Gasteiger partial charge in [0.2, 0.25) is 5.91 Å². The summed E-state index contributed by atoms with van der Waals surface area (Å²) in [4.78, 5) is 25.6. The molecule has 6 rings (SSSR count). The van der Waals surface area contributed by atoms with Crippen LogP contribution in [0.5, 0.6) is 5.75 Å². The molecule has 216 valence electrons. The van der Waals surface area contributed by atoms with Gasteiger partial charge in [-0.2, -0.15) is 0 Å². The molecule has 0 fully saturated rings. The summed E-state index contributed by atoms with van der Waals surface area (Å²) in [5.74, 6) is 2.06. The smallest absolute Gasteiger partial charge is 0.245 e. The number of anilines is 1. The number of ether oxygens (including phenoxy) is 1. The lowest BCUT2D eigenvalue weighted by Gasteiger charge is -2.27. The van der Waals surface area contributed by atoms with Crippen molar-refractivity contribution in [1.29, 1.82) is 0 Å². The van der Waals surface area contributed by atoms with Crippen molar-refractivity contribution in [3.8, 4) is 5.75 Å². The Balaban J connectivity index is 1.31. The van der Waals surface area contributed by atoms with Crippen LogP contribution in [0.15, 0.2) is 94.9 Å². The molecule has 1 amide bonds. The molecule has 0 aliphatic carbocycles. The summed E-state index contributed by atoms with van der Waals surface area (Å²) in [7, 11) is 0. The Morgan fingerprint density at radius 3 is 2.50 bits per heavy atom. The highest BCUT2D eigenvalue weighted by Crippen LogP contribution is 2.53. The number of benzene rings is 2. The monoisotopic (exact) mass is 562 g/mol. The number of nitrogens with zero attached hydrogens (tertiary/aromatic N) is 3. The van der Waals surface area contributed by atoms with E-state index in [0.717, 1.165) is 84.1 Å². The first-order valence-electron chi connectivity index (χ1n) is 15.1. The molecule has 7 heteroatoms. The molecular formula is C35H38N4O3. The number of carbonyl (C=O) groups excluding carboxylic acids is 1. The third-order valence-electron chi connectivity index (χ3n) is 8.75. The number of amidine groups is 1. The lowest BCUT2D eigenvalue weighted by molar-refractivity contribution is -0.122. The van der Waals surface area contributed by atoms with E-state index in [1.165, 1.54) is 6.34 Å². The zero-order chi connectivity index (χ0) is 28.8. The van der Waals surface area contributed by atoms with Gasteiger partial charge in [0.05, 0.1) is 0 Å². The van der Waals surface area contributed by atoms with Crippen LogP contribution < -0.4 is 15.1 Å². The van der Waals surface area contributed by atoms with Gasteiger partial charge in [-0.3, -0.25) is 20.5 Å². The van der Waals surface area contributed by atoms with Crippen LogP contribution in [0.4, 0.5) is 5.69 Å². The molecule has 0 bridgehead atoms. The van der Waals surface area contributed by atoms with E-state index in [1.807, 2.05) is 58.9 Å². The van der Waals surface area contributed by atoms with Gasteiger partial charge in [-0.25, -0.2) is 4.99 Å². The van der Waals surface area contributed by atoms with Gasteiger partial charge in [-0.15, -0.1) is 0 Å². The minimum absolute atomic E-state index is 0.116. The normalized spacial score (nSPS) is 22.2. The van der Waals surface area contributed by atoms with Gasteiger partial charge in [0.15, 0.2) is 0 Å². The lowest BCUT2D eigenvalue weighted by Crippen LogP contribution is -2.44. The summed E-state index contributed by atoms with van der Waals surface area (Å²) < 4.78 is 6.33. The van der Waals surface area contributed by atoms with Crippen molar-refractivity contribution in [1.82, 2.24) is 5.48 Å². The standard InChI is InChI=1S/C35H38N4O3/c40-34-35(24-42-32-22-28-16-8-4-2-1-3-7-15-27(28)21-30(32)35)29-17-10-11-18-31(29)39(34)23-26-13-6-5-9-19-33(37-25-38-41)36-20-12-14-26/h1-4,7-8,10-11,15-18,21-22,25-26,41H,5-6,9,12-14,19-20,23-24H2,(H,36,37,38). The molecule has 0 aromatic heterocycles. The first-order chi connectivity index (χ1) is 20.7. The van der Waals surface area contributed by atoms with Crippen LogP contribution in [-0.4, -0.2) is 43.0 Å². The molecule has 3 aromatic rings. The number of amides is 1. The molecule has 2 N–H and O–H groups in total. The molecule has 3 heterocycles. The molecule has 2 atom stereocenters. The number of carbonyl (C=O) groups is 1. The number of hydrogen-bond acceptors (Lipinski definition) is 5. The van der Waals surface area contributed by atoms with E-state index in [1.54, 1.807) is 0 Å². The summed E-state index contributed by atoms with van der Waals surface area (Å²) in [5, 5.41) is 11.0. The fraction of sp³-hybridized carbons (Fsp3) is 0.343. The average molecular weight is 563 g/mol. The molecule has 3 aromatic carbocycles. The van der Waals surface area contributed by atoms with Crippen molar-refractivity contribution in [2.75, 3.05) is 24.6 Å². The first kappa shape index (κ1) is 27.9. The minimum Gasteiger partial charge on any atom is -0.491 e. The van der Waals surface area contributed by atoms with Crippen molar-refractivity contribution in [3.63, 3.8) is 0 Å². The van der Waals surface area contributed by atoms with Gasteiger partial charge in [0.1, 0.15) is 29.9 Å². The number of para-hydroxylation sites is 1. The lowest BCUT2D eigenvalue weighted by atomic mass is 9.76. The van der Waals surface area contributed by atoms with E-state index in [9.17, 15) is 4.79 Å². The minimum atomic E-state index is -0.838. The van der Waals surface area contributed by atoms with E-state index >= 15 is 0 Å². The van der Waals surface area contributed by atoms with Crippen LogP contribution in [0.2, 0.25) is 0 Å². The summed E-state index contributed by atoms with van der Waals surface area (Å²) in [5.41, 5.74) is 4.13. The Kier molecular flexibility index (Phi) is 8.47. The molecule has 0 saturated heterocycles. The summed E-state index contributed by atoms with van der Waals surface area (Å²) >= 11 is 0. The number of nitrogens with one attached hydrogen (secondary N) is 1. The fourth-order valence-electron chi connectivity index (χ4n) is 6.65. The molecule has 0 radical (unpaired) electrons. The topological polar surface area (TPSA) is 86.5 Å². The van der Waals surface area contributed by atoms with Gasteiger partial charge in [0.25, 0.3) is 0 Å². The Morgan fingerprint density at radius 1 is 0.929 bits per heavy atom. The Bertz CT molecular complexity index is 1570. The van der Waals surface area contributed by atoms with E-state index in [4.69, 9.17) is 9.94 Å². The number of aliphatic imine (C=N–C) groups is 2. The van der Waals surface area contributed by atoms with Crippen LogP contribution in [-0.2, 0) is 10.2 Å². The van der Waals surface area contributed by atoms with Gasteiger partial charge in [0, 0.05) is 30.8 Å². The number of hydrogen-bond donors (Lipinski definition) is 2. The highest BCUT2D eigenvalue weighted by molar-refractivity contribution is 6.12. The maximum absolute atomic E-state index is 14.6. The number of hydroxylamine groups is 1. The van der Waals surface area contributed by atoms with Crippen molar-refractivity contribution >= 4 is 34.5 Å². The second-order valence-electron chi connectivity index (χ2n) is 11.4. The van der Waals surface area contributed by atoms with E-state index < -0.39 is 5.41 Å². The second kappa shape index (κ2) is 12.7. The molecule has 3 aliphatic rings. The zero-order valence-corrected chi connectivity index (χ0v) is 23.9. The van der Waals surface area contributed by atoms with Gasteiger partial charge >= 0.3 is 0 Å². The van der Waals surface area contributed by atoms with Gasteiger partial charge < -0.3 is 9.64 Å². The van der Waals surface area contributed by atoms with Crippen molar-refractivity contribution in [2.24, 2.45) is 15.9 Å². The molecular weight excluding hydrogens is 524 g/mol. The van der Waals surface area contributed by atoms with Crippen molar-refractivity contribution < 1.29 is 14.7 Å². The molecule has 42 heavy (non-hydrogen) atoms. The van der Waals surface area contributed by atoms with Crippen molar-refractivity contribution in [2.45, 2.75) is 50.4 Å². The van der Waals surface area contributed by atoms with Crippen LogP contribution in [0.25, 0.3) is 10.8 Å². The SMILES string of the molecule is O=C1N(CC2CCCCCC(N=CNO)=NCCC2)c2ccccc2C12COc1cc3ccccccccc3cc12. The van der Waals surface area contributed by atoms with Crippen LogP contribution >= 0.6 is 0 Å². The average Bonchev–Trinajstić information content (AvgIpc) is 3.48. The molecule has 3 aliphatic heterocycles. The Labute approximate surface area is 247 Å². The maximum atomic E-state index is 14.6. The summed E-state index contributed by atoms with van der Waals surface area (Å²) in [6.07, 6.45) is 8.31. The largest absolute Gasteiger partial charge is 0.491 e. The molecule has 2 unspecified atom stereocenters. The Morgan fingerprint density at radius 2 is 1.67 bits per heavy atom. The molecule has 0 saturated carbocycles. The van der Waals surface area contributed by atoms with Gasteiger partial charge in [-0.05, 0) is 66.1 Å². The fourth-order valence-corrected chi connectivity index (χ4v) is 6.65. The van der Waals surface area contributed by atoms with Crippen LogP contribution in [0.1, 0.15) is 56.1 Å². The Hall–Kier alpha value is -4.23. The van der Waals surface area contributed by atoms with E-state index in [-0.39, 0.29) is 5.91 Å². The van der Waals surface area contributed by atoms with Crippen LogP contribution in [0.3, 0.4) is 0 Å². The third kappa shape index (κ3) is 5.49. The quantitative estimate of drug-likeness (QED) is 0.210. The predicted octanol–water partition coefficient (Wildman–Crippen LogP) is 6.76. The predicted molar refractivity (Wildman–Crippen MR) is 168 cm³/mol. The maximum Gasteiger partial charge on any atom is 0.245 e. The number of rotatable bonds is 3. The molecule has 7 nitrogen and oxygen atoms in total. The van der Waals surface area contributed by atoms with Crippen LogP contribution in [0, 0.1) is 5.92 Å². The number of fused-ring (bicyclic) bond motifs is 5. The molecule has 1 spiro atoms. The van der Waals surface area contributed by atoms with Gasteiger partial charge in [-0.1, -0.05) is 79.6 Å². The summed E-state index contributed by atoms with van der Waals surface area (Å²) in [6, 6.07) is 28.8. The van der Waals surface area contributed by atoms with E-state index in [0.29, 0.717) is 25.6 Å². The van der Waals surface area contributed by atoms with Crippen molar-refractivity contribution in [3.05, 3.63) is 96.1 Å². The zero-order valence-electron chi connectivity index (χ0n) is 23.9. The highest BCUT2D eigenvalue weighted by atomic mass is 16.5. The highest BCUT2D eigenvalue weighted by Gasteiger charge is 2.57. The summed E-state index contributed by atoms with van der Waals surface area (Å²) in [6.45, 7) is 1.71.